The molecule has 0 bridgehead atoms. The summed E-state index contributed by atoms with van der Waals surface area (Å²) in [5.41, 5.74) is 2.56. The van der Waals surface area contributed by atoms with Crippen LogP contribution >= 0.6 is 0 Å². The van der Waals surface area contributed by atoms with E-state index in [1.54, 1.807) is 12.3 Å². The van der Waals surface area contributed by atoms with Crippen LogP contribution in [-0.4, -0.2) is 12.0 Å². The maximum absolute atomic E-state index is 14.1. The van der Waals surface area contributed by atoms with Gasteiger partial charge in [-0.15, -0.1) is 0 Å². The number of aromatic nitrogens is 1. The zero-order chi connectivity index (χ0) is 13.9. The van der Waals surface area contributed by atoms with Gasteiger partial charge in [-0.3, -0.25) is 4.98 Å². The van der Waals surface area contributed by atoms with Gasteiger partial charge in [0, 0.05) is 29.9 Å². The number of nitrogens with zero attached hydrogens (tertiary/aromatic N) is 1. The van der Waals surface area contributed by atoms with Crippen molar-refractivity contribution in [1.82, 2.24) is 10.3 Å². The quantitative estimate of drug-likeness (QED) is 0.780. The summed E-state index contributed by atoms with van der Waals surface area (Å²) in [6, 6.07) is 13.4. The minimum absolute atomic E-state index is 0.183. The van der Waals surface area contributed by atoms with Gasteiger partial charge in [-0.2, -0.15) is 0 Å². The monoisotopic (exact) mass is 266 g/mol. The standard InChI is InChI=1S/C17H15FN2/c1-19-10-14-6-5-13(9-17(14)18)15-4-2-3-12-7-8-20-11-16(12)15/h2-9,11,19H,10H2,1H3. The van der Waals surface area contributed by atoms with Gasteiger partial charge < -0.3 is 5.32 Å². The number of benzene rings is 2. The Kier molecular flexibility index (Phi) is 3.44. The molecular formula is C17H15FN2. The van der Waals surface area contributed by atoms with E-state index >= 15 is 0 Å². The summed E-state index contributed by atoms with van der Waals surface area (Å²) < 4.78 is 14.1. The summed E-state index contributed by atoms with van der Waals surface area (Å²) in [5, 5.41) is 5.11. The summed E-state index contributed by atoms with van der Waals surface area (Å²) in [7, 11) is 1.81. The molecule has 1 N–H and O–H groups in total. The zero-order valence-corrected chi connectivity index (χ0v) is 11.2. The normalized spacial score (nSPS) is 10.9. The SMILES string of the molecule is CNCc1ccc(-c2cccc3ccncc23)cc1F. The van der Waals surface area contributed by atoms with E-state index in [1.165, 1.54) is 0 Å². The van der Waals surface area contributed by atoms with Crippen LogP contribution in [0.25, 0.3) is 21.9 Å². The van der Waals surface area contributed by atoms with Crippen LogP contribution in [0.5, 0.6) is 0 Å². The first kappa shape index (κ1) is 12.8. The largest absolute Gasteiger partial charge is 0.316 e. The highest BCUT2D eigenvalue weighted by Gasteiger charge is 2.07. The number of pyridine rings is 1. The van der Waals surface area contributed by atoms with Crippen LogP contribution in [0.2, 0.25) is 0 Å². The van der Waals surface area contributed by atoms with Crippen LogP contribution in [0, 0.1) is 5.82 Å². The third-order valence-corrected chi connectivity index (χ3v) is 3.41. The molecule has 100 valence electrons. The van der Waals surface area contributed by atoms with Crippen LogP contribution in [0.4, 0.5) is 4.39 Å². The lowest BCUT2D eigenvalue weighted by atomic mass is 9.98. The second-order valence-electron chi connectivity index (χ2n) is 4.74. The summed E-state index contributed by atoms with van der Waals surface area (Å²) >= 11 is 0. The van der Waals surface area contributed by atoms with Crippen LogP contribution in [-0.2, 0) is 6.54 Å². The molecule has 3 heteroatoms. The lowest BCUT2D eigenvalue weighted by molar-refractivity contribution is 0.601. The summed E-state index contributed by atoms with van der Waals surface area (Å²) in [4.78, 5) is 4.16. The number of fused-ring (bicyclic) bond motifs is 1. The van der Waals surface area contributed by atoms with Crippen LogP contribution in [0.1, 0.15) is 5.56 Å². The van der Waals surface area contributed by atoms with E-state index in [9.17, 15) is 4.39 Å². The Morgan fingerprint density at radius 2 is 2.05 bits per heavy atom. The molecule has 1 heterocycles. The third-order valence-electron chi connectivity index (χ3n) is 3.41. The van der Waals surface area contributed by atoms with Crippen molar-refractivity contribution in [2.24, 2.45) is 0 Å². The van der Waals surface area contributed by atoms with Gasteiger partial charge >= 0.3 is 0 Å². The highest BCUT2D eigenvalue weighted by Crippen LogP contribution is 2.29. The van der Waals surface area contributed by atoms with Crippen LogP contribution in [0.3, 0.4) is 0 Å². The van der Waals surface area contributed by atoms with Gasteiger partial charge in [-0.25, -0.2) is 4.39 Å². The van der Waals surface area contributed by atoms with Crippen LogP contribution < -0.4 is 5.32 Å². The molecule has 0 saturated carbocycles. The molecule has 2 nitrogen and oxygen atoms in total. The summed E-state index contributed by atoms with van der Waals surface area (Å²) in [5.74, 6) is -0.183. The molecule has 0 aliphatic carbocycles. The van der Waals surface area contributed by atoms with Crippen molar-refractivity contribution in [3.05, 3.63) is 66.2 Å². The smallest absolute Gasteiger partial charge is 0.128 e. The molecule has 0 unspecified atom stereocenters. The number of hydrogen-bond acceptors (Lipinski definition) is 2. The van der Waals surface area contributed by atoms with Crippen molar-refractivity contribution < 1.29 is 4.39 Å². The summed E-state index contributed by atoms with van der Waals surface area (Å²) in [6.07, 6.45) is 3.59. The van der Waals surface area contributed by atoms with E-state index in [4.69, 9.17) is 0 Å². The van der Waals surface area contributed by atoms with E-state index in [1.807, 2.05) is 49.6 Å². The minimum Gasteiger partial charge on any atom is -0.316 e. The van der Waals surface area contributed by atoms with Crippen molar-refractivity contribution >= 4 is 10.8 Å². The maximum atomic E-state index is 14.1. The van der Waals surface area contributed by atoms with E-state index in [0.717, 1.165) is 21.9 Å². The highest BCUT2D eigenvalue weighted by atomic mass is 19.1. The third kappa shape index (κ3) is 2.28. The fourth-order valence-corrected chi connectivity index (χ4v) is 2.41. The van der Waals surface area contributed by atoms with Gasteiger partial charge in [0.15, 0.2) is 0 Å². The second-order valence-corrected chi connectivity index (χ2v) is 4.74. The Bertz CT molecular complexity index is 748. The van der Waals surface area contributed by atoms with Crippen molar-refractivity contribution in [2.75, 3.05) is 7.05 Å². The first-order chi connectivity index (χ1) is 9.79. The number of nitrogens with one attached hydrogen (secondary N) is 1. The zero-order valence-electron chi connectivity index (χ0n) is 11.2. The van der Waals surface area contributed by atoms with Crippen molar-refractivity contribution in [1.29, 1.82) is 0 Å². The Hall–Kier alpha value is -2.26. The Morgan fingerprint density at radius 1 is 1.15 bits per heavy atom. The van der Waals surface area contributed by atoms with Gasteiger partial charge in [-0.05, 0) is 35.7 Å². The molecule has 1 aromatic heterocycles. The molecule has 20 heavy (non-hydrogen) atoms. The Labute approximate surface area is 117 Å². The molecule has 0 saturated heterocycles. The molecule has 0 aliphatic rings. The molecule has 0 atom stereocenters. The number of hydrogen-bond donors (Lipinski definition) is 1. The van der Waals surface area contributed by atoms with Gasteiger partial charge in [0.1, 0.15) is 5.82 Å². The average molecular weight is 266 g/mol. The Morgan fingerprint density at radius 3 is 2.85 bits per heavy atom. The minimum atomic E-state index is -0.183. The molecule has 3 aromatic rings. The van der Waals surface area contributed by atoms with Gasteiger partial charge in [0.05, 0.1) is 0 Å². The average Bonchev–Trinajstić information content (AvgIpc) is 2.49. The molecule has 0 spiro atoms. The lowest BCUT2D eigenvalue weighted by Gasteiger charge is -2.09. The van der Waals surface area contributed by atoms with Gasteiger partial charge in [-0.1, -0.05) is 30.3 Å². The van der Waals surface area contributed by atoms with E-state index in [-0.39, 0.29) is 5.82 Å². The van der Waals surface area contributed by atoms with E-state index < -0.39 is 0 Å². The number of rotatable bonds is 3. The van der Waals surface area contributed by atoms with Crippen molar-refractivity contribution in [3.63, 3.8) is 0 Å². The van der Waals surface area contributed by atoms with Gasteiger partial charge in [0.2, 0.25) is 0 Å². The predicted octanol–water partition coefficient (Wildman–Crippen LogP) is 3.76. The molecular weight excluding hydrogens is 251 g/mol. The van der Waals surface area contributed by atoms with E-state index in [2.05, 4.69) is 10.3 Å². The Balaban J connectivity index is 2.14. The molecule has 0 fully saturated rings. The molecule has 0 radical (unpaired) electrons. The second kappa shape index (κ2) is 5.39. The van der Waals surface area contributed by atoms with Gasteiger partial charge in [0.25, 0.3) is 0 Å². The predicted molar refractivity (Wildman–Crippen MR) is 79.9 cm³/mol. The lowest BCUT2D eigenvalue weighted by Crippen LogP contribution is -2.06. The fourth-order valence-electron chi connectivity index (χ4n) is 2.41. The van der Waals surface area contributed by atoms with Crippen molar-refractivity contribution in [2.45, 2.75) is 6.54 Å². The number of halogens is 1. The first-order valence-electron chi connectivity index (χ1n) is 6.56. The maximum Gasteiger partial charge on any atom is 0.128 e. The molecule has 0 aliphatic heterocycles. The topological polar surface area (TPSA) is 24.9 Å². The molecule has 3 rings (SSSR count). The highest BCUT2D eigenvalue weighted by molar-refractivity contribution is 5.95. The molecule has 0 amide bonds. The molecule has 2 aromatic carbocycles. The van der Waals surface area contributed by atoms with Crippen LogP contribution in [0.15, 0.2) is 54.9 Å². The van der Waals surface area contributed by atoms with E-state index in [0.29, 0.717) is 12.1 Å². The first-order valence-corrected chi connectivity index (χ1v) is 6.56. The summed E-state index contributed by atoms with van der Waals surface area (Å²) in [6.45, 7) is 0.531. The fraction of sp³-hybridized carbons (Fsp3) is 0.118. The van der Waals surface area contributed by atoms with Crippen molar-refractivity contribution in [3.8, 4) is 11.1 Å².